The molecule has 0 radical (unpaired) electrons. The fourth-order valence-corrected chi connectivity index (χ4v) is 0.691. The molecule has 0 rings (SSSR count). The maximum absolute atomic E-state index is 10.3. The van der Waals surface area contributed by atoms with Gasteiger partial charge in [0.05, 0.1) is 0 Å². The molecule has 0 atom stereocenters. The highest BCUT2D eigenvalue weighted by atomic mass is 32.2. The topological polar surface area (TPSA) is 54.4 Å². The summed E-state index contributed by atoms with van der Waals surface area (Å²) in [6, 6.07) is 0. The number of carboxylic acids is 1. The zero-order valence-electron chi connectivity index (χ0n) is 6.50. The molecular formula is C7H12O3S. The lowest BCUT2D eigenvalue weighted by Crippen LogP contribution is -2.12. The van der Waals surface area contributed by atoms with Gasteiger partial charge in [-0.3, -0.25) is 4.79 Å². The van der Waals surface area contributed by atoms with Crippen molar-refractivity contribution in [3.8, 4) is 0 Å². The van der Waals surface area contributed by atoms with E-state index < -0.39 is 11.8 Å². The molecule has 0 fully saturated rings. The van der Waals surface area contributed by atoms with Gasteiger partial charge in [0.1, 0.15) is 0 Å². The summed E-state index contributed by atoms with van der Waals surface area (Å²) < 4.78 is 0. The number of hydrogen-bond donors (Lipinski definition) is 1. The van der Waals surface area contributed by atoms with Crippen molar-refractivity contribution in [2.75, 3.05) is 12.0 Å². The van der Waals surface area contributed by atoms with Gasteiger partial charge in [0.2, 0.25) is 5.78 Å². The van der Waals surface area contributed by atoms with Crippen LogP contribution < -0.4 is 0 Å². The van der Waals surface area contributed by atoms with Crippen LogP contribution in [0.3, 0.4) is 0 Å². The van der Waals surface area contributed by atoms with Crippen molar-refractivity contribution < 1.29 is 14.7 Å². The second-order valence-electron chi connectivity index (χ2n) is 1.47. The third-order valence-electron chi connectivity index (χ3n) is 0.772. The van der Waals surface area contributed by atoms with Gasteiger partial charge < -0.3 is 5.11 Å². The third-order valence-corrected chi connectivity index (χ3v) is 1.38. The van der Waals surface area contributed by atoms with Crippen LogP contribution in [0.4, 0.5) is 0 Å². The van der Waals surface area contributed by atoms with Crippen molar-refractivity contribution >= 4 is 23.5 Å². The maximum Gasteiger partial charge on any atom is 0.372 e. The molecule has 0 heterocycles. The first-order valence-electron chi connectivity index (χ1n) is 2.93. The molecule has 0 aromatic heterocycles. The molecule has 0 saturated heterocycles. The van der Waals surface area contributed by atoms with Crippen LogP contribution in [0, 0.1) is 0 Å². The van der Waals surface area contributed by atoms with Gasteiger partial charge >= 0.3 is 5.97 Å². The summed E-state index contributed by atoms with van der Waals surface area (Å²) in [6.07, 6.45) is 1.96. The van der Waals surface area contributed by atoms with Crippen molar-refractivity contribution in [1.29, 1.82) is 0 Å². The highest BCUT2D eigenvalue weighted by molar-refractivity contribution is 7.98. The number of rotatable bonds is 4. The van der Waals surface area contributed by atoms with E-state index in [2.05, 4.69) is 13.2 Å². The summed E-state index contributed by atoms with van der Waals surface area (Å²) >= 11 is 1.46. The van der Waals surface area contributed by atoms with Crippen LogP contribution in [0.5, 0.6) is 0 Å². The van der Waals surface area contributed by atoms with Crippen LogP contribution in [0.1, 0.15) is 6.42 Å². The zero-order valence-corrected chi connectivity index (χ0v) is 7.32. The number of ketones is 1. The lowest BCUT2D eigenvalue weighted by molar-refractivity contribution is -0.148. The first-order valence-corrected chi connectivity index (χ1v) is 4.33. The molecule has 4 heteroatoms. The molecule has 0 spiro atoms. The molecule has 0 bridgehead atoms. The van der Waals surface area contributed by atoms with Crippen LogP contribution in [-0.4, -0.2) is 28.9 Å². The smallest absolute Gasteiger partial charge is 0.372 e. The minimum absolute atomic E-state index is 0.135. The highest BCUT2D eigenvalue weighted by Gasteiger charge is 2.08. The quantitative estimate of drug-likeness (QED) is 0.516. The largest absolute Gasteiger partial charge is 0.476 e. The van der Waals surface area contributed by atoms with Gasteiger partial charge in [0.15, 0.2) is 0 Å². The van der Waals surface area contributed by atoms with Gasteiger partial charge in [-0.25, -0.2) is 4.79 Å². The molecule has 0 aliphatic heterocycles. The number of thioether (sulfide) groups is 1. The van der Waals surface area contributed by atoms with Crippen molar-refractivity contribution in [3.63, 3.8) is 0 Å². The number of aliphatic carboxylic acids is 1. The Hall–Kier alpha value is -0.770. The maximum atomic E-state index is 10.3. The fraction of sp³-hybridized carbons (Fsp3) is 0.429. The predicted molar refractivity (Wildman–Crippen MR) is 46.9 cm³/mol. The van der Waals surface area contributed by atoms with E-state index in [0.29, 0.717) is 5.75 Å². The zero-order chi connectivity index (χ0) is 9.28. The highest BCUT2D eigenvalue weighted by Crippen LogP contribution is 1.95. The number of carboxylic acid groups (broad SMARTS) is 1. The number of carbonyl (C=O) groups excluding carboxylic acids is 1. The molecule has 0 aromatic rings. The molecule has 0 aliphatic carbocycles. The lowest BCUT2D eigenvalue weighted by Gasteiger charge is -1.89. The summed E-state index contributed by atoms with van der Waals surface area (Å²) in [5.74, 6) is -1.45. The van der Waals surface area contributed by atoms with Gasteiger partial charge in [-0.2, -0.15) is 11.8 Å². The Morgan fingerprint density at radius 2 is 1.91 bits per heavy atom. The first-order chi connectivity index (χ1) is 5.18. The molecule has 64 valence electrons. The average Bonchev–Trinajstić information content (AvgIpc) is 2.03. The summed E-state index contributed by atoms with van der Waals surface area (Å²) in [5, 5.41) is 8.05. The molecule has 0 saturated carbocycles. The standard InChI is InChI=1S/C5H8O3S.C2H4/c1-9-3-2-4(6)5(7)8;1-2/h2-3H2,1H3,(H,7,8);1-2H2. The van der Waals surface area contributed by atoms with Crippen LogP contribution in [0.2, 0.25) is 0 Å². The van der Waals surface area contributed by atoms with Crippen molar-refractivity contribution in [2.24, 2.45) is 0 Å². The average molecular weight is 176 g/mol. The van der Waals surface area contributed by atoms with Crippen LogP contribution in [-0.2, 0) is 9.59 Å². The Morgan fingerprint density at radius 3 is 2.18 bits per heavy atom. The molecule has 0 aromatic carbocycles. The van der Waals surface area contributed by atoms with E-state index in [4.69, 9.17) is 5.11 Å². The van der Waals surface area contributed by atoms with E-state index in [-0.39, 0.29) is 6.42 Å². The summed E-state index contributed by atoms with van der Waals surface area (Å²) in [6.45, 7) is 6.00. The molecule has 0 unspecified atom stereocenters. The summed E-state index contributed by atoms with van der Waals surface area (Å²) in [5.41, 5.74) is 0. The summed E-state index contributed by atoms with van der Waals surface area (Å²) in [4.78, 5) is 20.1. The van der Waals surface area contributed by atoms with E-state index in [1.54, 1.807) is 0 Å². The SMILES string of the molecule is C=C.CSCCC(=O)C(=O)O. The van der Waals surface area contributed by atoms with Gasteiger partial charge in [0.25, 0.3) is 0 Å². The second kappa shape index (κ2) is 9.23. The fourth-order valence-electron chi connectivity index (χ4n) is 0.302. The van der Waals surface area contributed by atoms with E-state index in [9.17, 15) is 9.59 Å². The van der Waals surface area contributed by atoms with E-state index in [1.807, 2.05) is 6.26 Å². The molecular weight excluding hydrogens is 164 g/mol. The van der Waals surface area contributed by atoms with Gasteiger partial charge in [-0.1, -0.05) is 0 Å². The van der Waals surface area contributed by atoms with Gasteiger partial charge in [-0.15, -0.1) is 13.2 Å². The number of hydrogen-bond acceptors (Lipinski definition) is 3. The minimum atomic E-state index is -1.33. The monoisotopic (exact) mass is 176 g/mol. The molecule has 1 N–H and O–H groups in total. The normalized spacial score (nSPS) is 7.73. The van der Waals surface area contributed by atoms with Crippen LogP contribution in [0.15, 0.2) is 13.2 Å². The Labute approximate surface area is 70.5 Å². The molecule has 3 nitrogen and oxygen atoms in total. The van der Waals surface area contributed by atoms with Gasteiger partial charge in [0, 0.05) is 12.2 Å². The predicted octanol–water partition coefficient (Wildman–Crippen LogP) is 1.20. The van der Waals surface area contributed by atoms with Crippen molar-refractivity contribution in [3.05, 3.63) is 13.2 Å². The van der Waals surface area contributed by atoms with E-state index in [1.165, 1.54) is 11.8 Å². The number of Topliss-reactive ketones (excluding diaryl/α,β-unsaturated/α-hetero) is 1. The van der Waals surface area contributed by atoms with E-state index in [0.717, 1.165) is 0 Å². The van der Waals surface area contributed by atoms with E-state index >= 15 is 0 Å². The number of carbonyl (C=O) groups is 2. The van der Waals surface area contributed by atoms with Crippen molar-refractivity contribution in [2.45, 2.75) is 6.42 Å². The Morgan fingerprint density at radius 1 is 1.45 bits per heavy atom. The molecule has 11 heavy (non-hydrogen) atoms. The molecule has 0 aliphatic rings. The van der Waals surface area contributed by atoms with Crippen LogP contribution >= 0.6 is 11.8 Å². The van der Waals surface area contributed by atoms with Crippen molar-refractivity contribution in [1.82, 2.24) is 0 Å². The third kappa shape index (κ3) is 9.23. The van der Waals surface area contributed by atoms with Gasteiger partial charge in [-0.05, 0) is 6.26 Å². The Kier molecular flexibility index (Phi) is 10.8. The Bertz CT molecular complexity index is 134. The lowest BCUT2D eigenvalue weighted by atomic mass is 10.3. The first kappa shape index (κ1) is 12.9. The minimum Gasteiger partial charge on any atom is -0.476 e. The Balaban J connectivity index is 0. The second-order valence-corrected chi connectivity index (χ2v) is 2.46. The van der Waals surface area contributed by atoms with Crippen LogP contribution in [0.25, 0.3) is 0 Å². The molecule has 0 amide bonds. The summed E-state index contributed by atoms with van der Waals surface area (Å²) in [7, 11) is 0.